The molecule has 2 aromatic rings. The van der Waals surface area contributed by atoms with Gasteiger partial charge in [0.2, 0.25) is 0 Å². The van der Waals surface area contributed by atoms with Gasteiger partial charge in [0, 0.05) is 10.6 Å². The monoisotopic (exact) mass is 261 g/mol. The molecule has 1 amide bonds. The van der Waals surface area contributed by atoms with Gasteiger partial charge in [0.05, 0.1) is 11.5 Å². The van der Waals surface area contributed by atoms with Crippen LogP contribution in [0.1, 0.15) is 25.7 Å². The van der Waals surface area contributed by atoms with Gasteiger partial charge in [0.1, 0.15) is 0 Å². The molecule has 0 unspecified atom stereocenters. The van der Waals surface area contributed by atoms with Crippen molar-refractivity contribution in [1.29, 1.82) is 0 Å². The van der Waals surface area contributed by atoms with E-state index in [0.717, 1.165) is 26.6 Å². The lowest BCUT2D eigenvalue weighted by Crippen LogP contribution is -2.09. The molecule has 1 aromatic carbocycles. The first-order valence-electron chi connectivity index (χ1n) is 5.68. The lowest BCUT2D eigenvalue weighted by molar-refractivity contribution is 0.103. The molecule has 1 aromatic heterocycles. The largest absolute Gasteiger partial charge is 0.392 e. The van der Waals surface area contributed by atoms with Crippen LogP contribution in [0.15, 0.2) is 30.3 Å². The van der Waals surface area contributed by atoms with Crippen LogP contribution in [-0.4, -0.2) is 11.0 Å². The van der Waals surface area contributed by atoms with Crippen LogP contribution in [0, 0.1) is 13.8 Å². The first-order chi connectivity index (χ1) is 8.60. The van der Waals surface area contributed by atoms with E-state index in [-0.39, 0.29) is 12.5 Å². The molecule has 0 aliphatic rings. The van der Waals surface area contributed by atoms with Gasteiger partial charge in [-0.05, 0) is 43.2 Å². The van der Waals surface area contributed by atoms with E-state index in [0.29, 0.717) is 0 Å². The van der Waals surface area contributed by atoms with Crippen LogP contribution in [0.25, 0.3) is 0 Å². The summed E-state index contributed by atoms with van der Waals surface area (Å²) in [5.74, 6) is -0.0899. The van der Waals surface area contributed by atoms with Crippen LogP contribution in [-0.2, 0) is 6.61 Å². The molecule has 0 aliphatic heterocycles. The van der Waals surface area contributed by atoms with Crippen LogP contribution in [0.4, 0.5) is 5.69 Å². The minimum Gasteiger partial charge on any atom is -0.392 e. The summed E-state index contributed by atoms with van der Waals surface area (Å²) in [4.78, 5) is 13.9. The Hall–Kier alpha value is -1.65. The van der Waals surface area contributed by atoms with Crippen LogP contribution in [0.5, 0.6) is 0 Å². The smallest absolute Gasteiger partial charge is 0.265 e. The zero-order valence-electron chi connectivity index (χ0n) is 10.4. The summed E-state index contributed by atoms with van der Waals surface area (Å²) in [6, 6.07) is 9.06. The molecular weight excluding hydrogens is 246 g/mol. The highest BCUT2D eigenvalue weighted by Crippen LogP contribution is 2.21. The Kier molecular flexibility index (Phi) is 3.79. The van der Waals surface area contributed by atoms with E-state index in [1.807, 2.05) is 19.9 Å². The van der Waals surface area contributed by atoms with Gasteiger partial charge in [0.15, 0.2) is 0 Å². The van der Waals surface area contributed by atoms with E-state index in [9.17, 15) is 4.79 Å². The van der Waals surface area contributed by atoms with Crippen molar-refractivity contribution >= 4 is 22.9 Å². The third kappa shape index (κ3) is 2.78. The Morgan fingerprint density at radius 3 is 2.44 bits per heavy atom. The topological polar surface area (TPSA) is 49.3 Å². The quantitative estimate of drug-likeness (QED) is 0.892. The number of aryl methyl sites for hydroxylation is 2. The summed E-state index contributed by atoms with van der Waals surface area (Å²) in [6.45, 7) is 4.02. The van der Waals surface area contributed by atoms with Gasteiger partial charge < -0.3 is 10.4 Å². The van der Waals surface area contributed by atoms with Gasteiger partial charge in [0.25, 0.3) is 5.91 Å². The molecule has 0 fully saturated rings. The van der Waals surface area contributed by atoms with E-state index >= 15 is 0 Å². The average Bonchev–Trinajstić information content (AvgIpc) is 2.71. The summed E-state index contributed by atoms with van der Waals surface area (Å²) < 4.78 is 0. The minimum absolute atomic E-state index is 0.0114. The number of nitrogens with one attached hydrogen (secondary N) is 1. The van der Waals surface area contributed by atoms with E-state index in [1.165, 1.54) is 11.3 Å². The number of hydrogen-bond donors (Lipinski definition) is 2. The molecule has 1 heterocycles. The number of aliphatic hydroxyl groups excluding tert-OH is 1. The van der Waals surface area contributed by atoms with E-state index < -0.39 is 0 Å². The summed E-state index contributed by atoms with van der Waals surface area (Å²) >= 11 is 1.50. The molecule has 0 saturated carbocycles. The molecule has 0 radical (unpaired) electrons. The SMILES string of the molecule is Cc1cc(C(=O)Nc2ccc(CO)cc2)sc1C. The maximum Gasteiger partial charge on any atom is 0.265 e. The van der Waals surface area contributed by atoms with Crippen molar-refractivity contribution in [2.24, 2.45) is 0 Å². The van der Waals surface area contributed by atoms with Gasteiger partial charge in [-0.3, -0.25) is 4.79 Å². The minimum atomic E-state index is -0.0899. The molecule has 0 saturated heterocycles. The molecule has 0 spiro atoms. The Labute approximate surface area is 110 Å². The molecule has 2 rings (SSSR count). The molecule has 2 N–H and O–H groups in total. The van der Waals surface area contributed by atoms with E-state index in [4.69, 9.17) is 5.11 Å². The zero-order valence-corrected chi connectivity index (χ0v) is 11.2. The first-order valence-corrected chi connectivity index (χ1v) is 6.50. The first kappa shape index (κ1) is 12.8. The van der Waals surface area contributed by atoms with Crippen molar-refractivity contribution < 1.29 is 9.90 Å². The average molecular weight is 261 g/mol. The standard InChI is InChI=1S/C14H15NO2S/c1-9-7-13(18-10(9)2)14(17)15-12-5-3-11(8-16)4-6-12/h3-7,16H,8H2,1-2H3,(H,15,17). The van der Waals surface area contributed by atoms with Crippen molar-refractivity contribution in [3.8, 4) is 0 Å². The van der Waals surface area contributed by atoms with Gasteiger partial charge >= 0.3 is 0 Å². The maximum atomic E-state index is 12.0. The summed E-state index contributed by atoms with van der Waals surface area (Å²) in [5, 5.41) is 11.8. The molecule has 18 heavy (non-hydrogen) atoms. The van der Waals surface area contributed by atoms with Gasteiger partial charge in [-0.15, -0.1) is 11.3 Å². The second-order valence-corrected chi connectivity index (χ2v) is 5.42. The summed E-state index contributed by atoms with van der Waals surface area (Å²) in [7, 11) is 0. The van der Waals surface area contributed by atoms with Crippen molar-refractivity contribution in [1.82, 2.24) is 0 Å². The molecule has 4 heteroatoms. The Bertz CT molecular complexity index is 538. The van der Waals surface area contributed by atoms with Crippen LogP contribution in [0.2, 0.25) is 0 Å². The van der Waals surface area contributed by atoms with E-state index in [1.54, 1.807) is 24.3 Å². The number of thiophene rings is 1. The molecule has 94 valence electrons. The predicted molar refractivity (Wildman–Crippen MR) is 74.1 cm³/mol. The van der Waals surface area contributed by atoms with Crippen LogP contribution < -0.4 is 5.32 Å². The number of aliphatic hydroxyl groups is 1. The zero-order chi connectivity index (χ0) is 13.1. The molecule has 0 bridgehead atoms. The fraction of sp³-hybridized carbons (Fsp3) is 0.214. The maximum absolute atomic E-state index is 12.0. The van der Waals surface area contributed by atoms with Crippen molar-refractivity contribution in [3.05, 3.63) is 51.2 Å². The Morgan fingerprint density at radius 1 is 1.28 bits per heavy atom. The predicted octanol–water partition coefficient (Wildman–Crippen LogP) is 3.11. The summed E-state index contributed by atoms with van der Waals surface area (Å²) in [6.07, 6.45) is 0. The third-order valence-corrected chi connectivity index (χ3v) is 3.94. The lowest BCUT2D eigenvalue weighted by Gasteiger charge is -2.04. The lowest BCUT2D eigenvalue weighted by atomic mass is 10.2. The van der Waals surface area contributed by atoms with Gasteiger partial charge in [-0.25, -0.2) is 0 Å². The molecule has 3 nitrogen and oxygen atoms in total. The van der Waals surface area contributed by atoms with Gasteiger partial charge in [-0.2, -0.15) is 0 Å². The number of anilines is 1. The van der Waals surface area contributed by atoms with Crippen LogP contribution >= 0.6 is 11.3 Å². The van der Waals surface area contributed by atoms with Crippen molar-refractivity contribution in [2.75, 3.05) is 5.32 Å². The number of amides is 1. The number of hydrogen-bond acceptors (Lipinski definition) is 3. The van der Waals surface area contributed by atoms with Crippen molar-refractivity contribution in [2.45, 2.75) is 20.5 Å². The second-order valence-electron chi connectivity index (χ2n) is 4.16. The number of carbonyl (C=O) groups excluding carboxylic acids is 1. The molecular formula is C14H15NO2S. The highest BCUT2D eigenvalue weighted by molar-refractivity contribution is 7.14. The number of benzene rings is 1. The third-order valence-electron chi connectivity index (χ3n) is 2.78. The Balaban J connectivity index is 2.10. The van der Waals surface area contributed by atoms with Gasteiger partial charge in [-0.1, -0.05) is 12.1 Å². The number of carbonyl (C=O) groups is 1. The highest BCUT2D eigenvalue weighted by Gasteiger charge is 2.10. The fourth-order valence-electron chi connectivity index (χ4n) is 1.57. The summed E-state index contributed by atoms with van der Waals surface area (Å²) in [5.41, 5.74) is 2.71. The Morgan fingerprint density at radius 2 is 1.94 bits per heavy atom. The number of rotatable bonds is 3. The van der Waals surface area contributed by atoms with Crippen molar-refractivity contribution in [3.63, 3.8) is 0 Å². The second kappa shape index (κ2) is 5.33. The molecule has 0 atom stereocenters. The highest BCUT2D eigenvalue weighted by atomic mass is 32.1. The molecule has 0 aliphatic carbocycles. The van der Waals surface area contributed by atoms with Crippen LogP contribution in [0.3, 0.4) is 0 Å². The van der Waals surface area contributed by atoms with E-state index in [2.05, 4.69) is 5.32 Å². The normalized spacial score (nSPS) is 10.4. The fourth-order valence-corrected chi connectivity index (χ4v) is 2.50.